The lowest BCUT2D eigenvalue weighted by molar-refractivity contribution is -0.127. The van der Waals surface area contributed by atoms with Gasteiger partial charge in [-0.2, -0.15) is 11.8 Å². The number of thioether (sulfide) groups is 1. The molecule has 1 N–H and O–H groups in total. The van der Waals surface area contributed by atoms with Gasteiger partial charge in [-0.25, -0.2) is 0 Å². The number of amides is 1. The summed E-state index contributed by atoms with van der Waals surface area (Å²) in [4.78, 5) is 13.4. The SMILES string of the molecule is CCCCN(C)C(=O)CSCCCCCO. The van der Waals surface area contributed by atoms with Crippen LogP contribution in [0.4, 0.5) is 0 Å². The predicted octanol–water partition coefficient (Wildman–Crippen LogP) is 2.14. The van der Waals surface area contributed by atoms with Crippen molar-refractivity contribution in [2.45, 2.75) is 39.0 Å². The Morgan fingerprint density at radius 3 is 2.62 bits per heavy atom. The van der Waals surface area contributed by atoms with Crippen LogP contribution in [0.1, 0.15) is 39.0 Å². The van der Waals surface area contributed by atoms with E-state index in [2.05, 4.69) is 6.92 Å². The van der Waals surface area contributed by atoms with Gasteiger partial charge in [0.1, 0.15) is 0 Å². The van der Waals surface area contributed by atoms with Crippen LogP contribution in [0.3, 0.4) is 0 Å². The van der Waals surface area contributed by atoms with Crippen molar-refractivity contribution in [1.82, 2.24) is 4.90 Å². The molecule has 0 radical (unpaired) electrons. The molecule has 0 aromatic carbocycles. The summed E-state index contributed by atoms with van der Waals surface area (Å²) in [6.45, 7) is 3.29. The van der Waals surface area contributed by atoms with E-state index >= 15 is 0 Å². The molecule has 16 heavy (non-hydrogen) atoms. The Kier molecular flexibility index (Phi) is 11.1. The molecule has 3 nitrogen and oxygen atoms in total. The van der Waals surface area contributed by atoms with Crippen LogP contribution in [0.5, 0.6) is 0 Å². The number of rotatable bonds is 10. The monoisotopic (exact) mass is 247 g/mol. The minimum Gasteiger partial charge on any atom is -0.396 e. The van der Waals surface area contributed by atoms with Crippen LogP contribution in [0, 0.1) is 0 Å². The third kappa shape index (κ3) is 9.04. The Morgan fingerprint density at radius 1 is 1.25 bits per heavy atom. The number of aliphatic hydroxyl groups is 1. The van der Waals surface area contributed by atoms with Gasteiger partial charge in [-0.15, -0.1) is 0 Å². The summed E-state index contributed by atoms with van der Waals surface area (Å²) in [7, 11) is 1.88. The van der Waals surface area contributed by atoms with Gasteiger partial charge in [0.2, 0.25) is 5.91 Å². The lowest BCUT2D eigenvalue weighted by Gasteiger charge is -2.16. The largest absolute Gasteiger partial charge is 0.396 e. The number of carbonyl (C=O) groups is 1. The molecule has 0 atom stereocenters. The van der Waals surface area contributed by atoms with E-state index in [-0.39, 0.29) is 12.5 Å². The number of unbranched alkanes of at least 4 members (excludes halogenated alkanes) is 3. The summed E-state index contributed by atoms with van der Waals surface area (Å²) < 4.78 is 0. The van der Waals surface area contributed by atoms with E-state index in [9.17, 15) is 4.79 Å². The molecule has 0 saturated heterocycles. The third-order valence-corrected chi connectivity index (χ3v) is 3.47. The zero-order valence-electron chi connectivity index (χ0n) is 10.6. The number of hydrogen-bond donors (Lipinski definition) is 1. The van der Waals surface area contributed by atoms with E-state index in [0.29, 0.717) is 5.75 Å². The molecule has 0 aliphatic heterocycles. The van der Waals surface area contributed by atoms with Crippen molar-refractivity contribution >= 4 is 17.7 Å². The average molecular weight is 247 g/mol. The minimum atomic E-state index is 0.237. The summed E-state index contributed by atoms with van der Waals surface area (Å²) in [5, 5.41) is 8.60. The molecule has 0 bridgehead atoms. The minimum absolute atomic E-state index is 0.237. The van der Waals surface area contributed by atoms with E-state index in [1.165, 1.54) is 0 Å². The topological polar surface area (TPSA) is 40.5 Å². The highest BCUT2D eigenvalue weighted by Crippen LogP contribution is 2.07. The number of hydrogen-bond acceptors (Lipinski definition) is 3. The summed E-state index contributed by atoms with van der Waals surface area (Å²) in [5.41, 5.74) is 0. The van der Waals surface area contributed by atoms with E-state index in [1.807, 2.05) is 11.9 Å². The first kappa shape index (κ1) is 15.8. The summed E-state index contributed by atoms with van der Waals surface area (Å²) >= 11 is 1.70. The molecule has 0 rings (SSSR count). The van der Waals surface area contributed by atoms with Crippen molar-refractivity contribution < 1.29 is 9.90 Å². The summed E-state index contributed by atoms with van der Waals surface area (Å²) in [6.07, 6.45) is 5.25. The molecular formula is C12H25NO2S. The molecule has 0 aliphatic carbocycles. The number of aliphatic hydroxyl groups excluding tert-OH is 1. The predicted molar refractivity (Wildman–Crippen MR) is 70.8 cm³/mol. The Labute approximate surface area is 104 Å². The molecule has 1 amide bonds. The van der Waals surface area contributed by atoms with Crippen molar-refractivity contribution in [2.24, 2.45) is 0 Å². The first-order valence-electron chi connectivity index (χ1n) is 6.15. The highest BCUT2D eigenvalue weighted by molar-refractivity contribution is 7.99. The van der Waals surface area contributed by atoms with Gasteiger partial charge in [-0.05, 0) is 25.0 Å². The zero-order valence-corrected chi connectivity index (χ0v) is 11.4. The second kappa shape index (κ2) is 11.3. The van der Waals surface area contributed by atoms with Crippen LogP contribution in [0.25, 0.3) is 0 Å². The van der Waals surface area contributed by atoms with Gasteiger partial charge in [0.25, 0.3) is 0 Å². The van der Waals surface area contributed by atoms with Crippen molar-refractivity contribution in [3.8, 4) is 0 Å². The molecule has 0 heterocycles. The molecule has 4 heteroatoms. The van der Waals surface area contributed by atoms with Crippen LogP contribution in [-0.2, 0) is 4.79 Å². The lowest BCUT2D eigenvalue weighted by atomic mass is 10.3. The highest BCUT2D eigenvalue weighted by atomic mass is 32.2. The molecule has 0 unspecified atom stereocenters. The molecular weight excluding hydrogens is 222 g/mol. The van der Waals surface area contributed by atoms with Crippen LogP contribution in [-0.4, -0.2) is 47.6 Å². The molecule has 0 aromatic rings. The van der Waals surface area contributed by atoms with Crippen molar-refractivity contribution in [1.29, 1.82) is 0 Å². The van der Waals surface area contributed by atoms with Crippen molar-refractivity contribution in [3.63, 3.8) is 0 Å². The third-order valence-electron chi connectivity index (χ3n) is 2.45. The average Bonchev–Trinajstić information content (AvgIpc) is 2.30. The van der Waals surface area contributed by atoms with Crippen LogP contribution in [0.15, 0.2) is 0 Å². The fraction of sp³-hybridized carbons (Fsp3) is 0.917. The maximum absolute atomic E-state index is 11.6. The van der Waals surface area contributed by atoms with Crippen LogP contribution in [0.2, 0.25) is 0 Å². The first-order valence-corrected chi connectivity index (χ1v) is 7.30. The Balaban J connectivity index is 3.35. The van der Waals surface area contributed by atoms with Crippen molar-refractivity contribution in [2.75, 3.05) is 31.7 Å². The van der Waals surface area contributed by atoms with E-state index in [4.69, 9.17) is 5.11 Å². The van der Waals surface area contributed by atoms with Crippen LogP contribution < -0.4 is 0 Å². The fourth-order valence-corrected chi connectivity index (χ4v) is 2.23. The molecule has 0 spiro atoms. The van der Waals surface area contributed by atoms with Crippen molar-refractivity contribution in [3.05, 3.63) is 0 Å². The maximum Gasteiger partial charge on any atom is 0.232 e. The zero-order chi connectivity index (χ0) is 12.2. The smallest absolute Gasteiger partial charge is 0.232 e. The van der Waals surface area contributed by atoms with Gasteiger partial charge in [-0.3, -0.25) is 4.79 Å². The van der Waals surface area contributed by atoms with E-state index in [1.54, 1.807) is 11.8 Å². The molecule has 96 valence electrons. The molecule has 0 fully saturated rings. The fourth-order valence-electron chi connectivity index (χ4n) is 1.28. The van der Waals surface area contributed by atoms with Crippen LogP contribution >= 0.6 is 11.8 Å². The summed E-state index contributed by atoms with van der Waals surface area (Å²) in [6, 6.07) is 0. The Bertz CT molecular complexity index is 176. The number of nitrogens with zero attached hydrogens (tertiary/aromatic N) is 1. The van der Waals surface area contributed by atoms with Gasteiger partial charge in [-0.1, -0.05) is 19.8 Å². The maximum atomic E-state index is 11.6. The second-order valence-corrected chi connectivity index (χ2v) is 5.11. The Morgan fingerprint density at radius 2 is 2.00 bits per heavy atom. The molecule has 0 aliphatic rings. The Hall–Kier alpha value is -0.220. The first-order chi connectivity index (χ1) is 7.72. The van der Waals surface area contributed by atoms with E-state index in [0.717, 1.165) is 44.4 Å². The standard InChI is InChI=1S/C12H25NO2S/c1-3-4-8-13(2)12(15)11-16-10-7-5-6-9-14/h14H,3-11H2,1-2H3. The lowest BCUT2D eigenvalue weighted by Crippen LogP contribution is -2.29. The highest BCUT2D eigenvalue weighted by Gasteiger charge is 2.07. The quantitative estimate of drug-likeness (QED) is 0.601. The number of carbonyl (C=O) groups excluding carboxylic acids is 1. The van der Waals surface area contributed by atoms with Gasteiger partial charge >= 0.3 is 0 Å². The molecule has 0 aromatic heterocycles. The second-order valence-electron chi connectivity index (χ2n) is 4.01. The molecule has 0 saturated carbocycles. The van der Waals surface area contributed by atoms with Gasteiger partial charge in [0, 0.05) is 20.2 Å². The van der Waals surface area contributed by atoms with Gasteiger partial charge in [0.15, 0.2) is 0 Å². The van der Waals surface area contributed by atoms with Gasteiger partial charge in [0.05, 0.1) is 5.75 Å². The van der Waals surface area contributed by atoms with Gasteiger partial charge < -0.3 is 10.0 Å². The summed E-state index contributed by atoms with van der Waals surface area (Å²) in [5.74, 6) is 1.85. The normalized spacial score (nSPS) is 10.4. The van der Waals surface area contributed by atoms with E-state index < -0.39 is 0 Å².